The Kier molecular flexibility index (Phi) is 5.26. The summed E-state index contributed by atoms with van der Waals surface area (Å²) in [6, 6.07) is 13.2. The second kappa shape index (κ2) is 7.77. The maximum absolute atomic E-state index is 12.5. The molecule has 0 unspecified atom stereocenters. The van der Waals surface area contributed by atoms with E-state index < -0.39 is 12.1 Å². The molecular weight excluding hydrogens is 336 g/mol. The van der Waals surface area contributed by atoms with Crippen LogP contribution in [0.25, 0.3) is 0 Å². The smallest absolute Gasteiger partial charge is 0.410 e. The summed E-state index contributed by atoms with van der Waals surface area (Å²) in [5.74, 6) is 0.523. The summed E-state index contributed by atoms with van der Waals surface area (Å²) in [5, 5.41) is 12.4. The summed E-state index contributed by atoms with van der Waals surface area (Å²) in [6.45, 7) is 0.507. The number of phenolic OH excluding ortho intramolecular Hbond substituents is 1. The normalized spacial score (nSPS) is 16.3. The van der Waals surface area contributed by atoms with Crippen LogP contribution in [0.1, 0.15) is 11.1 Å². The van der Waals surface area contributed by atoms with Crippen molar-refractivity contribution in [2.24, 2.45) is 0 Å². The maximum Gasteiger partial charge on any atom is 0.410 e. The van der Waals surface area contributed by atoms with Gasteiger partial charge in [-0.1, -0.05) is 24.3 Å². The standard InChI is InChI=1S/C19H20N2O5/c1-25-16-7-3-4-13(9-16)10-20-18(23)17-12-26-19(24)21(17)11-14-5-2-6-15(22)8-14/h2-9,17,22H,10-12H2,1H3,(H,20,23)/t17-/m0/s1. The van der Waals surface area contributed by atoms with E-state index in [1.54, 1.807) is 31.4 Å². The first-order chi connectivity index (χ1) is 12.6. The number of nitrogens with zero attached hydrogens (tertiary/aromatic N) is 1. The fourth-order valence-electron chi connectivity index (χ4n) is 2.78. The van der Waals surface area contributed by atoms with Crippen molar-refractivity contribution in [2.75, 3.05) is 13.7 Å². The first-order valence-electron chi connectivity index (χ1n) is 8.19. The second-order valence-corrected chi connectivity index (χ2v) is 5.96. The number of carbonyl (C=O) groups excluding carboxylic acids is 2. The van der Waals surface area contributed by atoms with Gasteiger partial charge >= 0.3 is 6.09 Å². The van der Waals surface area contributed by atoms with Gasteiger partial charge in [0.05, 0.1) is 13.7 Å². The Hall–Kier alpha value is -3.22. The number of hydrogen-bond acceptors (Lipinski definition) is 5. The van der Waals surface area contributed by atoms with E-state index in [0.717, 1.165) is 11.1 Å². The molecule has 1 heterocycles. The molecule has 0 saturated carbocycles. The molecule has 26 heavy (non-hydrogen) atoms. The predicted molar refractivity (Wildman–Crippen MR) is 93.6 cm³/mol. The van der Waals surface area contributed by atoms with E-state index in [1.807, 2.05) is 24.3 Å². The van der Waals surface area contributed by atoms with Gasteiger partial charge in [0.15, 0.2) is 0 Å². The lowest BCUT2D eigenvalue weighted by Crippen LogP contribution is -2.45. The summed E-state index contributed by atoms with van der Waals surface area (Å²) in [4.78, 5) is 25.9. The van der Waals surface area contributed by atoms with Gasteiger partial charge in [0.25, 0.3) is 0 Å². The lowest BCUT2D eigenvalue weighted by atomic mass is 10.1. The van der Waals surface area contributed by atoms with Crippen molar-refractivity contribution < 1.29 is 24.2 Å². The molecule has 2 amide bonds. The van der Waals surface area contributed by atoms with Gasteiger partial charge in [-0.05, 0) is 35.4 Å². The first-order valence-corrected chi connectivity index (χ1v) is 8.19. The van der Waals surface area contributed by atoms with Crippen LogP contribution in [0.4, 0.5) is 4.79 Å². The SMILES string of the molecule is COc1cccc(CNC(=O)[C@@H]2COC(=O)N2Cc2cccc(O)c2)c1. The average molecular weight is 356 g/mol. The third-order valence-corrected chi connectivity index (χ3v) is 4.14. The molecular formula is C19H20N2O5. The van der Waals surface area contributed by atoms with Crippen molar-refractivity contribution in [3.63, 3.8) is 0 Å². The summed E-state index contributed by atoms with van der Waals surface area (Å²) >= 11 is 0. The molecule has 0 radical (unpaired) electrons. The van der Waals surface area contributed by atoms with Crippen molar-refractivity contribution >= 4 is 12.0 Å². The van der Waals surface area contributed by atoms with Crippen molar-refractivity contribution in [3.05, 3.63) is 59.7 Å². The van der Waals surface area contributed by atoms with Crippen LogP contribution < -0.4 is 10.1 Å². The van der Waals surface area contributed by atoms with Gasteiger partial charge in [-0.2, -0.15) is 0 Å². The molecule has 1 saturated heterocycles. The lowest BCUT2D eigenvalue weighted by molar-refractivity contribution is -0.125. The number of cyclic esters (lactones) is 1. The Morgan fingerprint density at radius 2 is 2.04 bits per heavy atom. The summed E-state index contributed by atoms with van der Waals surface area (Å²) in [5.41, 5.74) is 1.61. The summed E-state index contributed by atoms with van der Waals surface area (Å²) in [6.07, 6.45) is -0.546. The van der Waals surface area contributed by atoms with E-state index >= 15 is 0 Å². The molecule has 0 aromatic heterocycles. The number of nitrogens with one attached hydrogen (secondary N) is 1. The van der Waals surface area contributed by atoms with E-state index in [2.05, 4.69) is 5.32 Å². The Labute approximate surface area is 151 Å². The van der Waals surface area contributed by atoms with Crippen LogP contribution in [0, 0.1) is 0 Å². The summed E-state index contributed by atoms with van der Waals surface area (Å²) in [7, 11) is 1.58. The number of phenols is 1. The van der Waals surface area contributed by atoms with Crippen molar-refractivity contribution in [2.45, 2.75) is 19.1 Å². The van der Waals surface area contributed by atoms with Gasteiger partial charge in [0.1, 0.15) is 24.1 Å². The number of aromatic hydroxyl groups is 1. The minimum Gasteiger partial charge on any atom is -0.508 e. The fraction of sp³-hybridized carbons (Fsp3) is 0.263. The Morgan fingerprint density at radius 1 is 1.27 bits per heavy atom. The zero-order valence-electron chi connectivity index (χ0n) is 14.3. The predicted octanol–water partition coefficient (Wildman–Crippen LogP) is 2.04. The molecule has 2 aromatic carbocycles. The number of hydrogen-bond donors (Lipinski definition) is 2. The molecule has 0 spiro atoms. The highest BCUT2D eigenvalue weighted by Crippen LogP contribution is 2.19. The molecule has 1 aliphatic heterocycles. The zero-order chi connectivity index (χ0) is 18.5. The highest BCUT2D eigenvalue weighted by atomic mass is 16.6. The van der Waals surface area contributed by atoms with Gasteiger partial charge in [-0.15, -0.1) is 0 Å². The van der Waals surface area contributed by atoms with Gasteiger partial charge < -0.3 is 19.9 Å². The molecule has 1 aliphatic rings. The van der Waals surface area contributed by atoms with Crippen molar-refractivity contribution in [3.8, 4) is 11.5 Å². The largest absolute Gasteiger partial charge is 0.508 e. The van der Waals surface area contributed by atoms with Crippen LogP contribution in [0.3, 0.4) is 0 Å². The summed E-state index contributed by atoms with van der Waals surface area (Å²) < 4.78 is 10.2. The molecule has 136 valence electrons. The van der Waals surface area contributed by atoms with Gasteiger partial charge in [0, 0.05) is 6.54 Å². The van der Waals surface area contributed by atoms with Crippen LogP contribution >= 0.6 is 0 Å². The molecule has 0 bridgehead atoms. The number of methoxy groups -OCH3 is 1. The van der Waals surface area contributed by atoms with Gasteiger partial charge in [-0.25, -0.2) is 4.79 Å². The molecule has 2 aromatic rings. The third-order valence-electron chi connectivity index (χ3n) is 4.14. The molecule has 7 heteroatoms. The molecule has 0 aliphatic carbocycles. The Bertz CT molecular complexity index is 808. The lowest BCUT2D eigenvalue weighted by Gasteiger charge is -2.21. The van der Waals surface area contributed by atoms with Crippen LogP contribution in [-0.2, 0) is 22.6 Å². The molecule has 1 atom stereocenters. The highest BCUT2D eigenvalue weighted by Gasteiger charge is 2.37. The number of amides is 2. The van der Waals surface area contributed by atoms with E-state index in [-0.39, 0.29) is 24.8 Å². The molecule has 3 rings (SSSR count). The maximum atomic E-state index is 12.5. The highest BCUT2D eigenvalue weighted by molar-refractivity contribution is 5.87. The van der Waals surface area contributed by atoms with E-state index in [9.17, 15) is 14.7 Å². The average Bonchev–Trinajstić information content (AvgIpc) is 3.00. The minimum absolute atomic E-state index is 0.00158. The van der Waals surface area contributed by atoms with Crippen molar-refractivity contribution in [1.82, 2.24) is 10.2 Å². The van der Waals surface area contributed by atoms with E-state index in [0.29, 0.717) is 12.3 Å². The number of rotatable bonds is 6. The van der Waals surface area contributed by atoms with E-state index in [1.165, 1.54) is 4.90 Å². The third kappa shape index (κ3) is 4.05. The first kappa shape index (κ1) is 17.6. The second-order valence-electron chi connectivity index (χ2n) is 5.96. The minimum atomic E-state index is -0.713. The van der Waals surface area contributed by atoms with Crippen molar-refractivity contribution in [1.29, 1.82) is 0 Å². The number of benzene rings is 2. The number of carbonyl (C=O) groups is 2. The Balaban J connectivity index is 1.64. The van der Waals surface area contributed by atoms with Crippen LogP contribution in [0.2, 0.25) is 0 Å². The quantitative estimate of drug-likeness (QED) is 0.827. The Morgan fingerprint density at radius 3 is 2.81 bits per heavy atom. The van der Waals surface area contributed by atoms with Crippen LogP contribution in [0.5, 0.6) is 11.5 Å². The van der Waals surface area contributed by atoms with Crippen LogP contribution in [0.15, 0.2) is 48.5 Å². The molecule has 2 N–H and O–H groups in total. The molecule has 1 fully saturated rings. The van der Waals surface area contributed by atoms with E-state index in [4.69, 9.17) is 9.47 Å². The number of ether oxygens (including phenoxy) is 2. The molecule has 7 nitrogen and oxygen atoms in total. The van der Waals surface area contributed by atoms with Gasteiger partial charge in [-0.3, -0.25) is 9.69 Å². The van der Waals surface area contributed by atoms with Crippen LogP contribution in [-0.4, -0.2) is 41.8 Å². The monoisotopic (exact) mass is 356 g/mol. The topological polar surface area (TPSA) is 88.1 Å². The van der Waals surface area contributed by atoms with Gasteiger partial charge in [0.2, 0.25) is 5.91 Å². The fourth-order valence-corrected chi connectivity index (χ4v) is 2.78. The zero-order valence-corrected chi connectivity index (χ0v) is 14.3.